The fourth-order valence-corrected chi connectivity index (χ4v) is 4.75. The second kappa shape index (κ2) is 10.1. The summed E-state index contributed by atoms with van der Waals surface area (Å²) in [4.78, 5) is 20.5. The molecule has 1 aliphatic rings. The van der Waals surface area contributed by atoms with Crippen LogP contribution in [0.15, 0.2) is 60.8 Å². The molecule has 0 saturated carbocycles. The SMILES string of the molecule is CNC(C)c1cn(CC2CCN(C(=O)c3cc(-c4ccc(Cl)cc4)nc4ccccc34)CC2)nn1. The van der Waals surface area contributed by atoms with Gasteiger partial charge in [-0.25, -0.2) is 4.98 Å². The van der Waals surface area contributed by atoms with E-state index in [1.54, 1.807) is 0 Å². The number of hydrogen-bond acceptors (Lipinski definition) is 5. The van der Waals surface area contributed by atoms with E-state index in [-0.39, 0.29) is 11.9 Å². The van der Waals surface area contributed by atoms with Gasteiger partial charge >= 0.3 is 0 Å². The van der Waals surface area contributed by atoms with Gasteiger partial charge in [0.1, 0.15) is 0 Å². The molecule has 2 aromatic carbocycles. The van der Waals surface area contributed by atoms with Crippen molar-refractivity contribution in [3.05, 3.63) is 77.1 Å². The molecule has 8 heteroatoms. The number of pyridine rings is 1. The largest absolute Gasteiger partial charge is 0.339 e. The lowest BCUT2D eigenvalue weighted by atomic mass is 9.95. The molecule has 1 saturated heterocycles. The molecular weight excluding hydrogens is 460 g/mol. The molecule has 180 valence electrons. The lowest BCUT2D eigenvalue weighted by Gasteiger charge is -2.32. The summed E-state index contributed by atoms with van der Waals surface area (Å²) in [5.41, 5.74) is 4.17. The first-order chi connectivity index (χ1) is 17.0. The van der Waals surface area contributed by atoms with E-state index in [9.17, 15) is 4.79 Å². The van der Waals surface area contributed by atoms with Crippen molar-refractivity contribution in [3.63, 3.8) is 0 Å². The van der Waals surface area contributed by atoms with Gasteiger partial charge in [0, 0.05) is 41.6 Å². The highest BCUT2D eigenvalue weighted by atomic mass is 35.5. The number of halogens is 1. The predicted molar refractivity (Wildman–Crippen MR) is 138 cm³/mol. The highest BCUT2D eigenvalue weighted by Gasteiger charge is 2.26. The first kappa shape index (κ1) is 23.5. The van der Waals surface area contributed by atoms with Gasteiger partial charge < -0.3 is 10.2 Å². The maximum Gasteiger partial charge on any atom is 0.254 e. The summed E-state index contributed by atoms with van der Waals surface area (Å²) in [5, 5.41) is 13.3. The second-order valence-corrected chi connectivity index (χ2v) is 9.63. The molecule has 4 aromatic rings. The zero-order valence-electron chi connectivity index (χ0n) is 20.0. The van der Waals surface area contributed by atoms with Crippen LogP contribution in [0.25, 0.3) is 22.2 Å². The average Bonchev–Trinajstić information content (AvgIpc) is 3.36. The molecule has 35 heavy (non-hydrogen) atoms. The van der Waals surface area contributed by atoms with Crippen molar-refractivity contribution < 1.29 is 4.79 Å². The van der Waals surface area contributed by atoms with E-state index in [1.807, 2.05) is 77.4 Å². The summed E-state index contributed by atoms with van der Waals surface area (Å²) in [6.07, 6.45) is 3.89. The molecule has 1 aliphatic heterocycles. The van der Waals surface area contributed by atoms with Crippen molar-refractivity contribution >= 4 is 28.4 Å². The number of fused-ring (bicyclic) bond motifs is 1. The molecule has 0 spiro atoms. The Balaban J connectivity index is 1.32. The lowest BCUT2D eigenvalue weighted by Crippen LogP contribution is -2.39. The van der Waals surface area contributed by atoms with Crippen molar-refractivity contribution in [2.75, 3.05) is 20.1 Å². The van der Waals surface area contributed by atoms with Gasteiger partial charge in [0.2, 0.25) is 0 Å². The predicted octanol–water partition coefficient (Wildman–Crippen LogP) is 4.98. The topological polar surface area (TPSA) is 75.9 Å². The van der Waals surface area contributed by atoms with Crippen molar-refractivity contribution in [1.82, 2.24) is 30.2 Å². The summed E-state index contributed by atoms with van der Waals surface area (Å²) in [5.74, 6) is 0.528. The Morgan fingerprint density at radius 3 is 2.63 bits per heavy atom. The van der Waals surface area contributed by atoms with Crippen LogP contribution in [0.3, 0.4) is 0 Å². The highest BCUT2D eigenvalue weighted by molar-refractivity contribution is 6.30. The number of piperidine rings is 1. The summed E-state index contributed by atoms with van der Waals surface area (Å²) >= 11 is 6.07. The summed E-state index contributed by atoms with van der Waals surface area (Å²) < 4.78 is 1.93. The van der Waals surface area contributed by atoms with Crippen LogP contribution in [0.5, 0.6) is 0 Å². The first-order valence-electron chi connectivity index (χ1n) is 12.0. The van der Waals surface area contributed by atoms with Crippen LogP contribution in [0.1, 0.15) is 41.9 Å². The molecule has 2 aromatic heterocycles. The smallest absolute Gasteiger partial charge is 0.254 e. The van der Waals surface area contributed by atoms with Crippen LogP contribution in [0.2, 0.25) is 5.02 Å². The second-order valence-electron chi connectivity index (χ2n) is 9.19. The third-order valence-corrected chi connectivity index (χ3v) is 7.12. The molecule has 0 aliphatic carbocycles. The van der Waals surface area contributed by atoms with Gasteiger partial charge in [0.25, 0.3) is 5.91 Å². The highest BCUT2D eigenvalue weighted by Crippen LogP contribution is 2.28. The van der Waals surface area contributed by atoms with E-state index in [2.05, 4.69) is 22.6 Å². The first-order valence-corrected chi connectivity index (χ1v) is 12.4. The lowest BCUT2D eigenvalue weighted by molar-refractivity contribution is 0.0683. The number of amides is 1. The van der Waals surface area contributed by atoms with Crippen LogP contribution in [-0.4, -0.2) is 50.9 Å². The Bertz CT molecular complexity index is 1330. The maximum absolute atomic E-state index is 13.7. The molecule has 1 unspecified atom stereocenters. The molecule has 1 fully saturated rings. The number of nitrogens with one attached hydrogen (secondary N) is 1. The third kappa shape index (κ3) is 5.06. The summed E-state index contributed by atoms with van der Waals surface area (Å²) in [6.45, 7) is 4.35. The van der Waals surface area contributed by atoms with Crippen LogP contribution >= 0.6 is 11.6 Å². The maximum atomic E-state index is 13.7. The Morgan fingerprint density at radius 1 is 1.14 bits per heavy atom. The van der Waals surface area contributed by atoms with Gasteiger partial charge in [0.05, 0.1) is 28.7 Å². The normalized spacial score (nSPS) is 15.5. The van der Waals surface area contributed by atoms with Crippen LogP contribution in [0.4, 0.5) is 0 Å². The molecule has 1 amide bonds. The number of likely N-dealkylation sites (tertiary alicyclic amines) is 1. The molecule has 0 bridgehead atoms. The number of carbonyl (C=O) groups excluding carboxylic acids is 1. The fraction of sp³-hybridized carbons (Fsp3) is 0.333. The standard InChI is InChI=1S/C27H29ClN6O/c1-18(29-2)26-17-34(32-31-26)16-19-11-13-33(14-12-19)27(35)23-15-25(20-7-9-21(28)10-8-20)30-24-6-4-3-5-22(23)24/h3-10,15,17-19,29H,11-14,16H2,1-2H3. The minimum absolute atomic E-state index is 0.0585. The molecule has 3 heterocycles. The Kier molecular flexibility index (Phi) is 6.79. The average molecular weight is 489 g/mol. The van der Waals surface area contributed by atoms with Gasteiger partial charge in [-0.15, -0.1) is 5.10 Å². The van der Waals surface area contributed by atoms with E-state index in [4.69, 9.17) is 16.6 Å². The van der Waals surface area contributed by atoms with Crippen molar-refractivity contribution in [2.45, 2.75) is 32.4 Å². The summed E-state index contributed by atoms with van der Waals surface area (Å²) in [7, 11) is 1.92. The van der Waals surface area contributed by atoms with E-state index in [0.717, 1.165) is 60.3 Å². The zero-order chi connectivity index (χ0) is 24.4. The Morgan fingerprint density at radius 2 is 1.89 bits per heavy atom. The van der Waals surface area contributed by atoms with Crippen LogP contribution in [-0.2, 0) is 6.54 Å². The van der Waals surface area contributed by atoms with E-state index in [1.165, 1.54) is 0 Å². The number of carbonyl (C=O) groups is 1. The summed E-state index contributed by atoms with van der Waals surface area (Å²) in [6, 6.07) is 17.5. The van der Waals surface area contributed by atoms with Crippen molar-refractivity contribution in [3.8, 4) is 11.3 Å². The number of aromatic nitrogens is 4. The van der Waals surface area contributed by atoms with Crippen LogP contribution in [0, 0.1) is 5.92 Å². The van der Waals surface area contributed by atoms with Gasteiger partial charge in [-0.2, -0.15) is 0 Å². The number of nitrogens with zero attached hydrogens (tertiary/aromatic N) is 5. The fourth-order valence-electron chi connectivity index (χ4n) is 4.62. The molecule has 0 radical (unpaired) electrons. The van der Waals surface area contributed by atoms with E-state index >= 15 is 0 Å². The van der Waals surface area contributed by atoms with E-state index < -0.39 is 0 Å². The van der Waals surface area contributed by atoms with Crippen molar-refractivity contribution in [1.29, 1.82) is 0 Å². The Hall–Kier alpha value is -3.29. The minimum Gasteiger partial charge on any atom is -0.339 e. The van der Waals surface area contributed by atoms with Gasteiger partial charge in [-0.1, -0.05) is 47.1 Å². The number of rotatable bonds is 6. The third-order valence-electron chi connectivity index (χ3n) is 6.87. The monoisotopic (exact) mass is 488 g/mol. The number of para-hydroxylation sites is 1. The quantitative estimate of drug-likeness (QED) is 0.414. The van der Waals surface area contributed by atoms with E-state index in [0.29, 0.717) is 16.5 Å². The molecule has 1 N–H and O–H groups in total. The Labute approximate surface area is 210 Å². The molecule has 7 nitrogen and oxygen atoms in total. The van der Waals surface area contributed by atoms with Crippen molar-refractivity contribution in [2.24, 2.45) is 5.92 Å². The minimum atomic E-state index is 0.0585. The number of hydrogen-bond donors (Lipinski definition) is 1. The van der Waals surface area contributed by atoms with Gasteiger partial charge in [-0.05, 0) is 57.0 Å². The van der Waals surface area contributed by atoms with Gasteiger partial charge in [0.15, 0.2) is 0 Å². The number of benzene rings is 2. The molecule has 5 rings (SSSR count). The van der Waals surface area contributed by atoms with Crippen LogP contribution < -0.4 is 5.32 Å². The van der Waals surface area contributed by atoms with Gasteiger partial charge in [-0.3, -0.25) is 9.48 Å². The zero-order valence-corrected chi connectivity index (χ0v) is 20.7. The molecule has 1 atom stereocenters. The molecular formula is C27H29ClN6O.